The third kappa shape index (κ3) is 7.25. The van der Waals surface area contributed by atoms with Crippen LogP contribution in [0.15, 0.2) is 60.7 Å². The highest BCUT2D eigenvalue weighted by Crippen LogP contribution is 2.38. The van der Waals surface area contributed by atoms with Crippen molar-refractivity contribution >= 4 is 0 Å². The van der Waals surface area contributed by atoms with Crippen LogP contribution in [0.2, 0.25) is 0 Å². The number of aromatic nitrogens is 2. The first-order chi connectivity index (χ1) is 15.8. The van der Waals surface area contributed by atoms with E-state index in [2.05, 4.69) is 55.5 Å². The molecule has 0 amide bonds. The normalized spacial score (nSPS) is 11.1. The zero-order chi connectivity index (χ0) is 22.4. The number of unbranched alkanes of at least 4 members (excludes halogenated alkanes) is 10. The first-order valence-corrected chi connectivity index (χ1v) is 12.6. The van der Waals surface area contributed by atoms with Crippen molar-refractivity contribution in [1.82, 2.24) is 9.78 Å². The molecule has 1 aromatic heterocycles. The van der Waals surface area contributed by atoms with Gasteiger partial charge in [-0.2, -0.15) is 5.10 Å². The maximum absolute atomic E-state index is 6.40. The zero-order valence-electron chi connectivity index (χ0n) is 20.1. The number of aryl methyl sites for hydroxylation is 1. The van der Waals surface area contributed by atoms with Gasteiger partial charge in [0, 0.05) is 18.2 Å². The van der Waals surface area contributed by atoms with Crippen molar-refractivity contribution < 1.29 is 4.74 Å². The van der Waals surface area contributed by atoms with Gasteiger partial charge in [0.2, 0.25) is 0 Å². The summed E-state index contributed by atoms with van der Waals surface area (Å²) in [5, 5.41) is 4.82. The molecule has 0 bridgehead atoms. The minimum absolute atomic E-state index is 0.738. The van der Waals surface area contributed by atoms with E-state index >= 15 is 0 Å². The number of benzene rings is 2. The Hall–Kier alpha value is -2.55. The highest BCUT2D eigenvalue weighted by molar-refractivity contribution is 5.78. The maximum Gasteiger partial charge on any atom is 0.173 e. The Kier molecular flexibility index (Phi) is 10.4. The highest BCUT2D eigenvalue weighted by atomic mass is 16.5. The average molecular weight is 433 g/mol. The van der Waals surface area contributed by atoms with Gasteiger partial charge in [0.25, 0.3) is 0 Å². The molecule has 0 spiro atoms. The van der Waals surface area contributed by atoms with E-state index in [4.69, 9.17) is 9.84 Å². The lowest BCUT2D eigenvalue weighted by molar-refractivity contribution is 0.306. The van der Waals surface area contributed by atoms with E-state index in [1.807, 2.05) is 23.9 Å². The van der Waals surface area contributed by atoms with Crippen LogP contribution in [0.3, 0.4) is 0 Å². The first kappa shape index (κ1) is 24.1. The molecule has 3 nitrogen and oxygen atoms in total. The average Bonchev–Trinajstić information content (AvgIpc) is 3.17. The molecule has 172 valence electrons. The monoisotopic (exact) mass is 432 g/mol. The summed E-state index contributed by atoms with van der Waals surface area (Å²) in [7, 11) is 2.00. The van der Waals surface area contributed by atoms with E-state index < -0.39 is 0 Å². The van der Waals surface area contributed by atoms with Gasteiger partial charge >= 0.3 is 0 Å². The molecule has 0 N–H and O–H groups in total. The van der Waals surface area contributed by atoms with Crippen LogP contribution in [0.1, 0.15) is 77.6 Å². The van der Waals surface area contributed by atoms with Crippen molar-refractivity contribution in [2.24, 2.45) is 7.05 Å². The summed E-state index contributed by atoms with van der Waals surface area (Å²) in [5.41, 5.74) is 4.21. The Balaban J connectivity index is 1.51. The lowest BCUT2D eigenvalue weighted by Crippen LogP contribution is -2.00. The quantitative estimate of drug-likeness (QED) is 0.225. The topological polar surface area (TPSA) is 27.1 Å². The van der Waals surface area contributed by atoms with Crippen LogP contribution in [0, 0.1) is 0 Å². The molecule has 32 heavy (non-hydrogen) atoms. The fourth-order valence-electron chi connectivity index (χ4n) is 4.28. The Morgan fingerprint density at radius 2 is 1.16 bits per heavy atom. The number of hydrogen-bond donors (Lipinski definition) is 0. The fraction of sp³-hybridized carbons (Fsp3) is 0.483. The largest absolute Gasteiger partial charge is 0.489 e. The van der Waals surface area contributed by atoms with E-state index in [1.54, 1.807) is 0 Å². The van der Waals surface area contributed by atoms with Gasteiger partial charge in [0.1, 0.15) is 11.4 Å². The number of ether oxygens (including phenoxy) is 1. The van der Waals surface area contributed by atoms with Crippen LogP contribution < -0.4 is 4.74 Å². The summed E-state index contributed by atoms with van der Waals surface area (Å²) in [6.07, 6.45) is 14.7. The summed E-state index contributed by atoms with van der Waals surface area (Å²) < 4.78 is 8.35. The summed E-state index contributed by atoms with van der Waals surface area (Å²) in [4.78, 5) is 0. The molecule has 0 atom stereocenters. The molecule has 0 fully saturated rings. The lowest BCUT2D eigenvalue weighted by atomic mass is 10.1. The third-order valence-electron chi connectivity index (χ3n) is 6.09. The van der Waals surface area contributed by atoms with Crippen LogP contribution in [0.25, 0.3) is 22.5 Å². The predicted molar refractivity (Wildman–Crippen MR) is 136 cm³/mol. The molecule has 3 rings (SSSR count). The number of nitrogens with zero attached hydrogens (tertiary/aromatic N) is 2. The zero-order valence-corrected chi connectivity index (χ0v) is 20.1. The molecule has 0 aliphatic heterocycles. The molecule has 0 radical (unpaired) electrons. The third-order valence-corrected chi connectivity index (χ3v) is 6.09. The second kappa shape index (κ2) is 13.8. The van der Waals surface area contributed by atoms with Gasteiger partial charge < -0.3 is 4.74 Å². The van der Waals surface area contributed by atoms with Crippen molar-refractivity contribution in [2.45, 2.75) is 77.6 Å². The second-order valence-electron chi connectivity index (χ2n) is 8.77. The lowest BCUT2D eigenvalue weighted by Gasteiger charge is -2.10. The van der Waals surface area contributed by atoms with Gasteiger partial charge in [-0.05, 0) is 6.42 Å². The second-order valence-corrected chi connectivity index (χ2v) is 8.77. The molecule has 0 aliphatic rings. The number of hydrogen-bond acceptors (Lipinski definition) is 2. The Bertz CT molecular complexity index is 886. The van der Waals surface area contributed by atoms with Crippen LogP contribution >= 0.6 is 0 Å². The van der Waals surface area contributed by atoms with Crippen LogP contribution in [-0.4, -0.2) is 16.4 Å². The van der Waals surface area contributed by atoms with Crippen molar-refractivity contribution in [3.8, 4) is 28.3 Å². The fourth-order valence-corrected chi connectivity index (χ4v) is 4.28. The molecule has 2 aromatic carbocycles. The number of rotatable bonds is 15. The Morgan fingerprint density at radius 3 is 1.72 bits per heavy atom. The smallest absolute Gasteiger partial charge is 0.173 e. The van der Waals surface area contributed by atoms with Gasteiger partial charge in [0.05, 0.1) is 6.61 Å². The minimum Gasteiger partial charge on any atom is -0.489 e. The van der Waals surface area contributed by atoms with Crippen molar-refractivity contribution in [3.63, 3.8) is 0 Å². The predicted octanol–water partition coefficient (Wildman–Crippen LogP) is 8.44. The highest BCUT2D eigenvalue weighted by Gasteiger charge is 2.20. The molecular weight excluding hydrogens is 392 g/mol. The summed E-state index contributed by atoms with van der Waals surface area (Å²) >= 11 is 0. The van der Waals surface area contributed by atoms with Crippen LogP contribution in [-0.2, 0) is 7.05 Å². The van der Waals surface area contributed by atoms with E-state index in [9.17, 15) is 0 Å². The molecule has 0 unspecified atom stereocenters. The maximum atomic E-state index is 6.40. The molecule has 3 heteroatoms. The van der Waals surface area contributed by atoms with E-state index in [0.29, 0.717) is 0 Å². The minimum atomic E-state index is 0.738. The molecule has 3 aromatic rings. The Morgan fingerprint density at radius 1 is 0.656 bits per heavy atom. The summed E-state index contributed by atoms with van der Waals surface area (Å²) in [6.45, 7) is 3.02. The summed E-state index contributed by atoms with van der Waals surface area (Å²) in [6, 6.07) is 20.8. The summed E-state index contributed by atoms with van der Waals surface area (Å²) in [5.74, 6) is 0.900. The molecular formula is C29H40N2O. The molecule has 1 heterocycles. The van der Waals surface area contributed by atoms with Crippen LogP contribution in [0.5, 0.6) is 5.75 Å². The Labute approximate surface area is 194 Å². The molecule has 0 aliphatic carbocycles. The molecule has 0 saturated heterocycles. The van der Waals surface area contributed by atoms with Gasteiger partial charge in [-0.25, -0.2) is 0 Å². The van der Waals surface area contributed by atoms with E-state index in [1.165, 1.54) is 64.2 Å². The van der Waals surface area contributed by atoms with E-state index in [-0.39, 0.29) is 0 Å². The standard InChI is InChI=1S/C29H40N2O/c1-3-4-5-6-7-8-9-10-11-12-19-24-32-29-27(25-20-15-13-16-21-25)30-31(2)28(29)26-22-17-14-18-23-26/h13-18,20-23H,3-12,19,24H2,1-2H3. The van der Waals surface area contributed by atoms with Crippen LogP contribution in [0.4, 0.5) is 0 Å². The SMILES string of the molecule is CCCCCCCCCCCCCOc1c(-c2ccccc2)nn(C)c1-c1ccccc1. The van der Waals surface area contributed by atoms with Crippen molar-refractivity contribution in [3.05, 3.63) is 60.7 Å². The van der Waals surface area contributed by atoms with Gasteiger partial charge in [-0.1, -0.05) is 132 Å². The van der Waals surface area contributed by atoms with E-state index in [0.717, 1.165) is 41.3 Å². The van der Waals surface area contributed by atoms with Crippen molar-refractivity contribution in [2.75, 3.05) is 6.61 Å². The van der Waals surface area contributed by atoms with Gasteiger partial charge in [0.15, 0.2) is 5.75 Å². The first-order valence-electron chi connectivity index (χ1n) is 12.6. The van der Waals surface area contributed by atoms with Gasteiger partial charge in [-0.3, -0.25) is 4.68 Å². The van der Waals surface area contributed by atoms with Crippen molar-refractivity contribution in [1.29, 1.82) is 0 Å². The molecule has 0 saturated carbocycles. The van der Waals surface area contributed by atoms with Gasteiger partial charge in [-0.15, -0.1) is 0 Å².